The average molecular weight is 472 g/mol. The topological polar surface area (TPSA) is 56.8 Å². The molecule has 35 heavy (non-hydrogen) atoms. The monoisotopic (exact) mass is 471 g/mol. The predicted octanol–water partition coefficient (Wildman–Crippen LogP) is 6.18. The first kappa shape index (κ1) is 24.6. The molecule has 3 aromatic rings. The molecule has 3 aromatic carbocycles. The Morgan fingerprint density at radius 1 is 0.943 bits per heavy atom. The molecule has 0 aromatic heterocycles. The molecule has 182 valence electrons. The van der Waals surface area contributed by atoms with E-state index in [9.17, 15) is 4.79 Å². The van der Waals surface area contributed by atoms with Gasteiger partial charge in [0.2, 0.25) is 0 Å². The molecule has 0 aliphatic heterocycles. The zero-order valence-electron chi connectivity index (χ0n) is 20.6. The number of fused-ring (bicyclic) bond motifs is 3. The van der Waals surface area contributed by atoms with Gasteiger partial charge < -0.3 is 19.5 Å². The highest BCUT2D eigenvalue weighted by Crippen LogP contribution is 2.43. The Balaban J connectivity index is 1.51. The van der Waals surface area contributed by atoms with Crippen LogP contribution in [0.15, 0.2) is 72.8 Å². The number of hydrogen-bond donors (Lipinski definition) is 1. The number of hydrogen-bond acceptors (Lipinski definition) is 5. The summed E-state index contributed by atoms with van der Waals surface area (Å²) in [4.78, 5) is 12.2. The summed E-state index contributed by atoms with van der Waals surface area (Å²) in [5, 5.41) is 3.63. The van der Waals surface area contributed by atoms with Crippen molar-refractivity contribution in [1.82, 2.24) is 5.32 Å². The van der Waals surface area contributed by atoms with Gasteiger partial charge in [-0.15, -0.1) is 0 Å². The van der Waals surface area contributed by atoms with Crippen molar-refractivity contribution in [2.75, 3.05) is 19.8 Å². The molecule has 0 amide bonds. The fourth-order valence-electron chi connectivity index (χ4n) is 4.42. The first-order valence-corrected chi connectivity index (χ1v) is 12.3. The van der Waals surface area contributed by atoms with Crippen LogP contribution in [-0.4, -0.2) is 31.8 Å². The van der Waals surface area contributed by atoms with E-state index in [4.69, 9.17) is 14.2 Å². The van der Waals surface area contributed by atoms with E-state index in [0.717, 1.165) is 5.56 Å². The lowest BCUT2D eigenvalue weighted by atomic mass is 10.1. The summed E-state index contributed by atoms with van der Waals surface area (Å²) in [7, 11) is 0. The van der Waals surface area contributed by atoms with Crippen LogP contribution in [0.25, 0.3) is 17.2 Å². The zero-order chi connectivity index (χ0) is 24.6. The van der Waals surface area contributed by atoms with Crippen LogP contribution in [-0.2, 0) is 9.53 Å². The van der Waals surface area contributed by atoms with Gasteiger partial charge in [0, 0.05) is 13.0 Å². The van der Waals surface area contributed by atoms with Crippen LogP contribution in [0, 0.1) is 0 Å². The second-order valence-corrected chi connectivity index (χ2v) is 8.43. The third kappa shape index (κ3) is 5.75. The van der Waals surface area contributed by atoms with Gasteiger partial charge in [0.05, 0.1) is 12.6 Å². The maximum Gasteiger partial charge on any atom is 0.305 e. The number of rotatable bonds is 11. The fraction of sp³-hybridized carbons (Fsp3) is 0.300. The van der Waals surface area contributed by atoms with E-state index < -0.39 is 6.10 Å². The quantitative estimate of drug-likeness (QED) is 0.339. The predicted molar refractivity (Wildman–Crippen MR) is 140 cm³/mol. The molecule has 0 heterocycles. The molecule has 0 radical (unpaired) electrons. The molecule has 0 saturated carbocycles. The molecule has 0 saturated heterocycles. The Morgan fingerprint density at radius 3 is 2.26 bits per heavy atom. The molecular formula is C30H33NO4. The SMILES string of the molecule is C/C=C/c1ccc(OCC)c(OCC(CNC2c3ccccc3-c3ccccc32)OC(=O)CC)c1. The fourth-order valence-corrected chi connectivity index (χ4v) is 4.42. The van der Waals surface area contributed by atoms with E-state index in [0.29, 0.717) is 31.1 Å². The van der Waals surface area contributed by atoms with Crippen molar-refractivity contribution < 1.29 is 19.0 Å². The van der Waals surface area contributed by atoms with Crippen LogP contribution >= 0.6 is 0 Å². The van der Waals surface area contributed by atoms with Crippen LogP contribution in [0.1, 0.15) is 49.9 Å². The molecule has 4 rings (SSSR count). The standard InChI is InChI=1S/C30H33NO4/c1-4-11-21-16-17-27(33-6-3)28(18-21)34-20-22(35-29(32)5-2)19-31-30-25-14-9-7-12-23(25)24-13-8-10-15-26(24)30/h4,7-18,22,30-31H,5-6,19-20H2,1-3H3/b11-4+. The highest BCUT2D eigenvalue weighted by molar-refractivity contribution is 5.78. The number of nitrogens with one attached hydrogen (secondary N) is 1. The Kier molecular flexibility index (Phi) is 8.22. The van der Waals surface area contributed by atoms with Crippen molar-refractivity contribution in [3.05, 3.63) is 89.5 Å². The van der Waals surface area contributed by atoms with Gasteiger partial charge >= 0.3 is 5.97 Å². The Morgan fingerprint density at radius 2 is 1.63 bits per heavy atom. The summed E-state index contributed by atoms with van der Waals surface area (Å²) in [6, 6.07) is 22.7. The van der Waals surface area contributed by atoms with Crippen molar-refractivity contribution in [3.8, 4) is 22.6 Å². The minimum Gasteiger partial charge on any atom is -0.490 e. The lowest BCUT2D eigenvalue weighted by Gasteiger charge is -2.23. The van der Waals surface area contributed by atoms with Gasteiger partial charge in [-0.3, -0.25) is 4.79 Å². The van der Waals surface area contributed by atoms with E-state index >= 15 is 0 Å². The number of allylic oxidation sites excluding steroid dienone is 1. The Bertz CT molecular complexity index is 1140. The third-order valence-electron chi connectivity index (χ3n) is 6.02. The highest BCUT2D eigenvalue weighted by Gasteiger charge is 2.29. The van der Waals surface area contributed by atoms with Crippen molar-refractivity contribution in [2.24, 2.45) is 0 Å². The molecule has 1 aliphatic carbocycles. The largest absolute Gasteiger partial charge is 0.490 e. The van der Waals surface area contributed by atoms with Crippen molar-refractivity contribution in [3.63, 3.8) is 0 Å². The summed E-state index contributed by atoms with van der Waals surface area (Å²) in [5.41, 5.74) is 5.95. The van der Waals surface area contributed by atoms with Crippen molar-refractivity contribution in [2.45, 2.75) is 39.3 Å². The van der Waals surface area contributed by atoms with Crippen LogP contribution in [0.3, 0.4) is 0 Å². The van der Waals surface area contributed by atoms with Crippen LogP contribution in [0.4, 0.5) is 0 Å². The first-order chi connectivity index (χ1) is 17.1. The molecule has 5 heteroatoms. The smallest absolute Gasteiger partial charge is 0.305 e. The van der Waals surface area contributed by atoms with Crippen molar-refractivity contribution in [1.29, 1.82) is 0 Å². The van der Waals surface area contributed by atoms with E-state index in [1.165, 1.54) is 22.3 Å². The summed E-state index contributed by atoms with van der Waals surface area (Å²) in [6.45, 7) is 6.92. The van der Waals surface area contributed by atoms with E-state index in [1.54, 1.807) is 6.92 Å². The minimum atomic E-state index is -0.456. The molecule has 1 aliphatic rings. The normalized spacial score (nSPS) is 13.3. The van der Waals surface area contributed by atoms with Gasteiger partial charge in [0.15, 0.2) is 11.5 Å². The van der Waals surface area contributed by atoms with Crippen LogP contribution in [0.5, 0.6) is 11.5 Å². The number of esters is 1. The second kappa shape index (κ2) is 11.7. The molecule has 5 nitrogen and oxygen atoms in total. The van der Waals surface area contributed by atoms with Crippen molar-refractivity contribution >= 4 is 12.0 Å². The van der Waals surface area contributed by atoms with Gasteiger partial charge in [-0.1, -0.05) is 73.7 Å². The summed E-state index contributed by atoms with van der Waals surface area (Å²) >= 11 is 0. The lowest BCUT2D eigenvalue weighted by molar-refractivity contribution is -0.150. The second-order valence-electron chi connectivity index (χ2n) is 8.43. The summed E-state index contributed by atoms with van der Waals surface area (Å²) < 4.78 is 17.7. The average Bonchev–Trinajstić information content (AvgIpc) is 3.20. The lowest BCUT2D eigenvalue weighted by Crippen LogP contribution is -2.37. The van der Waals surface area contributed by atoms with Crippen LogP contribution in [0.2, 0.25) is 0 Å². The van der Waals surface area contributed by atoms with Gasteiger partial charge in [-0.2, -0.15) is 0 Å². The minimum absolute atomic E-state index is 0.0298. The van der Waals surface area contributed by atoms with E-state index in [2.05, 4.69) is 53.8 Å². The number of carbonyl (C=O) groups is 1. The van der Waals surface area contributed by atoms with E-state index in [-0.39, 0.29) is 18.6 Å². The summed E-state index contributed by atoms with van der Waals surface area (Å²) in [6.07, 6.45) is 3.84. The number of ether oxygens (including phenoxy) is 3. The zero-order valence-corrected chi connectivity index (χ0v) is 20.6. The summed E-state index contributed by atoms with van der Waals surface area (Å²) in [5.74, 6) is 1.06. The van der Waals surface area contributed by atoms with Crippen LogP contribution < -0.4 is 14.8 Å². The Hall–Kier alpha value is -3.57. The van der Waals surface area contributed by atoms with Gasteiger partial charge in [-0.05, 0) is 53.8 Å². The van der Waals surface area contributed by atoms with Gasteiger partial charge in [0.25, 0.3) is 0 Å². The number of benzene rings is 3. The molecule has 1 unspecified atom stereocenters. The molecule has 0 spiro atoms. The van der Waals surface area contributed by atoms with Gasteiger partial charge in [0.1, 0.15) is 12.7 Å². The molecular weight excluding hydrogens is 438 g/mol. The van der Waals surface area contributed by atoms with Gasteiger partial charge in [-0.25, -0.2) is 0 Å². The number of carbonyl (C=O) groups excluding carboxylic acids is 1. The molecule has 1 N–H and O–H groups in total. The third-order valence-corrected chi connectivity index (χ3v) is 6.02. The maximum absolute atomic E-state index is 12.2. The maximum atomic E-state index is 12.2. The molecule has 1 atom stereocenters. The first-order valence-electron chi connectivity index (χ1n) is 12.3. The Labute approximate surface area is 207 Å². The van der Waals surface area contributed by atoms with E-state index in [1.807, 2.05) is 44.2 Å². The molecule has 0 fully saturated rings. The highest BCUT2D eigenvalue weighted by atomic mass is 16.6. The molecule has 0 bridgehead atoms.